The van der Waals surface area contributed by atoms with E-state index in [1.54, 1.807) is 38.5 Å². The van der Waals surface area contributed by atoms with Gasteiger partial charge in [-0.1, -0.05) is 26.7 Å². The first kappa shape index (κ1) is 16.2. The Morgan fingerprint density at radius 3 is 2.62 bits per heavy atom. The molecule has 24 heavy (non-hydrogen) atoms. The first-order chi connectivity index (χ1) is 11.5. The second-order valence-electron chi connectivity index (χ2n) is 11.2. The van der Waals surface area contributed by atoms with Crippen molar-refractivity contribution in [3.63, 3.8) is 0 Å². The molecular weight excluding hydrogens is 290 g/mol. The van der Waals surface area contributed by atoms with E-state index >= 15 is 0 Å². The van der Waals surface area contributed by atoms with Gasteiger partial charge in [0.25, 0.3) is 0 Å². The molecule has 0 aromatic heterocycles. The molecule has 5 fully saturated rings. The van der Waals surface area contributed by atoms with E-state index in [-0.39, 0.29) is 0 Å². The maximum Gasteiger partial charge on any atom is 0.0138 e. The molecule has 1 saturated heterocycles. The number of rotatable bonds is 0. The van der Waals surface area contributed by atoms with Crippen LogP contribution in [0.4, 0.5) is 0 Å². The monoisotopic (exact) mass is 329 g/mol. The Morgan fingerprint density at radius 1 is 0.917 bits per heavy atom. The summed E-state index contributed by atoms with van der Waals surface area (Å²) in [6, 6.07) is 0.913. The van der Waals surface area contributed by atoms with Crippen LogP contribution in [0.25, 0.3) is 0 Å². The summed E-state index contributed by atoms with van der Waals surface area (Å²) in [4.78, 5) is 2.68. The molecule has 1 nitrogen and oxygen atoms in total. The quantitative estimate of drug-likeness (QED) is 0.548. The summed E-state index contributed by atoms with van der Waals surface area (Å²) in [7, 11) is 2.39. The van der Waals surface area contributed by atoms with E-state index in [2.05, 4.69) is 25.8 Å². The summed E-state index contributed by atoms with van der Waals surface area (Å²) < 4.78 is 0. The zero-order valence-corrected chi connectivity index (χ0v) is 16.4. The van der Waals surface area contributed by atoms with Crippen molar-refractivity contribution in [2.24, 2.45) is 40.4 Å². The first-order valence-electron chi connectivity index (χ1n) is 11.2. The van der Waals surface area contributed by atoms with Crippen LogP contribution in [0.2, 0.25) is 0 Å². The molecular formula is C23H39N. The van der Waals surface area contributed by atoms with Gasteiger partial charge < -0.3 is 4.90 Å². The highest BCUT2D eigenvalue weighted by atomic mass is 15.2. The molecule has 8 unspecified atom stereocenters. The second kappa shape index (κ2) is 5.48. The summed E-state index contributed by atoms with van der Waals surface area (Å²) in [5, 5.41) is 0. The van der Waals surface area contributed by atoms with E-state index in [4.69, 9.17) is 0 Å². The minimum Gasteiger partial charge on any atom is -0.303 e. The average Bonchev–Trinajstić information content (AvgIpc) is 2.91. The van der Waals surface area contributed by atoms with E-state index in [0.717, 1.165) is 41.0 Å². The van der Waals surface area contributed by atoms with Crippen LogP contribution in [-0.2, 0) is 0 Å². The Hall–Kier alpha value is -0.0400. The summed E-state index contributed by atoms with van der Waals surface area (Å²) in [5.74, 6) is 5.37. The first-order valence-corrected chi connectivity index (χ1v) is 11.2. The molecule has 1 spiro atoms. The number of hydrogen-bond acceptors (Lipinski definition) is 1. The highest BCUT2D eigenvalue weighted by Crippen LogP contribution is 2.71. The van der Waals surface area contributed by atoms with Crippen molar-refractivity contribution in [3.05, 3.63) is 0 Å². The molecule has 136 valence electrons. The minimum absolute atomic E-state index is 0.629. The predicted octanol–water partition coefficient (Wildman–Crippen LogP) is 5.74. The van der Waals surface area contributed by atoms with Gasteiger partial charge in [0.2, 0.25) is 0 Å². The fraction of sp³-hybridized carbons (Fsp3) is 1.00. The smallest absolute Gasteiger partial charge is 0.0138 e. The van der Waals surface area contributed by atoms with Gasteiger partial charge in [-0.15, -0.1) is 0 Å². The van der Waals surface area contributed by atoms with Crippen molar-refractivity contribution < 1.29 is 0 Å². The Kier molecular flexibility index (Phi) is 3.69. The largest absolute Gasteiger partial charge is 0.303 e. The molecule has 0 radical (unpaired) electrons. The van der Waals surface area contributed by atoms with E-state index in [1.807, 2.05) is 0 Å². The molecule has 4 saturated carbocycles. The van der Waals surface area contributed by atoms with Crippen molar-refractivity contribution in [1.82, 2.24) is 4.90 Å². The molecule has 5 rings (SSSR count). The van der Waals surface area contributed by atoms with Crippen LogP contribution < -0.4 is 0 Å². The van der Waals surface area contributed by atoms with Crippen molar-refractivity contribution in [2.75, 3.05) is 13.6 Å². The van der Waals surface area contributed by atoms with Gasteiger partial charge in [-0.25, -0.2) is 0 Å². The number of nitrogens with zero attached hydrogens (tertiary/aromatic N) is 1. The second-order valence-corrected chi connectivity index (χ2v) is 11.2. The van der Waals surface area contributed by atoms with Crippen molar-refractivity contribution in [1.29, 1.82) is 0 Å². The fourth-order valence-electron chi connectivity index (χ4n) is 8.30. The molecule has 1 aliphatic heterocycles. The van der Waals surface area contributed by atoms with E-state index < -0.39 is 0 Å². The third-order valence-corrected chi connectivity index (χ3v) is 9.99. The van der Waals surface area contributed by atoms with Crippen LogP contribution in [0.5, 0.6) is 0 Å². The normalized spacial score (nSPS) is 57.6. The van der Waals surface area contributed by atoms with Crippen LogP contribution in [-0.4, -0.2) is 24.5 Å². The third-order valence-electron chi connectivity index (χ3n) is 9.99. The number of likely N-dealkylation sites (tertiary alicyclic amines) is 1. The van der Waals surface area contributed by atoms with Gasteiger partial charge in [0, 0.05) is 12.6 Å². The van der Waals surface area contributed by atoms with Gasteiger partial charge in [-0.2, -0.15) is 0 Å². The van der Waals surface area contributed by atoms with Crippen LogP contribution >= 0.6 is 0 Å². The predicted molar refractivity (Wildman–Crippen MR) is 101 cm³/mol. The lowest BCUT2D eigenvalue weighted by Gasteiger charge is -2.51. The van der Waals surface area contributed by atoms with Gasteiger partial charge in [0.15, 0.2) is 0 Å². The van der Waals surface area contributed by atoms with Gasteiger partial charge in [0.05, 0.1) is 0 Å². The summed E-state index contributed by atoms with van der Waals surface area (Å²) >= 11 is 0. The summed E-state index contributed by atoms with van der Waals surface area (Å²) in [6.45, 7) is 6.71. The van der Waals surface area contributed by atoms with Crippen molar-refractivity contribution in [3.8, 4) is 0 Å². The average molecular weight is 330 g/mol. The Balaban J connectivity index is 1.45. The molecule has 0 aromatic rings. The van der Waals surface area contributed by atoms with Crippen LogP contribution in [0, 0.1) is 40.4 Å². The SMILES string of the molecule is CC1C2C3CCC(CCC4(C)CCC12CCCC1CN(C)C1C4)C3. The van der Waals surface area contributed by atoms with Gasteiger partial charge in [-0.05, 0) is 105 Å². The molecule has 5 aliphatic rings. The summed E-state index contributed by atoms with van der Waals surface area (Å²) in [5.41, 5.74) is 1.41. The summed E-state index contributed by atoms with van der Waals surface area (Å²) in [6.07, 6.45) is 17.0. The highest BCUT2D eigenvalue weighted by molar-refractivity contribution is 5.13. The zero-order chi connectivity index (χ0) is 16.5. The van der Waals surface area contributed by atoms with Crippen molar-refractivity contribution >= 4 is 0 Å². The number of hydrogen-bond donors (Lipinski definition) is 0. The molecule has 0 aromatic carbocycles. The molecule has 4 bridgehead atoms. The highest BCUT2D eigenvalue weighted by Gasteiger charge is 2.64. The van der Waals surface area contributed by atoms with Crippen LogP contribution in [0.3, 0.4) is 0 Å². The van der Waals surface area contributed by atoms with Crippen molar-refractivity contribution in [2.45, 2.75) is 90.5 Å². The zero-order valence-electron chi connectivity index (χ0n) is 16.4. The van der Waals surface area contributed by atoms with Crippen LogP contribution in [0.15, 0.2) is 0 Å². The standard InChI is InChI=1S/C23H39N/c1-16-21-18-7-6-17(13-18)8-10-22(2)11-12-23(16,21)9-4-5-19-15-24(3)20(19)14-22/h16-21H,4-15H2,1-3H3. The molecule has 0 amide bonds. The molecule has 8 atom stereocenters. The molecule has 4 aliphatic carbocycles. The Morgan fingerprint density at radius 2 is 1.79 bits per heavy atom. The lowest BCUT2D eigenvalue weighted by Crippen LogP contribution is -2.55. The molecule has 1 heteroatoms. The minimum atomic E-state index is 0.629. The van der Waals surface area contributed by atoms with E-state index in [0.29, 0.717) is 5.41 Å². The van der Waals surface area contributed by atoms with Gasteiger partial charge in [-0.3, -0.25) is 0 Å². The lowest BCUT2D eigenvalue weighted by atomic mass is 9.66. The third kappa shape index (κ3) is 2.36. The topological polar surface area (TPSA) is 3.24 Å². The maximum atomic E-state index is 2.68. The molecule has 1 heterocycles. The Labute approximate surface area is 149 Å². The lowest BCUT2D eigenvalue weighted by molar-refractivity contribution is -0.0125. The maximum absolute atomic E-state index is 2.68. The van der Waals surface area contributed by atoms with E-state index in [1.165, 1.54) is 38.6 Å². The van der Waals surface area contributed by atoms with E-state index in [9.17, 15) is 0 Å². The van der Waals surface area contributed by atoms with Gasteiger partial charge >= 0.3 is 0 Å². The number of fused-ring (bicyclic) bond motifs is 6. The molecule has 0 N–H and O–H groups in total. The van der Waals surface area contributed by atoms with Gasteiger partial charge in [0.1, 0.15) is 0 Å². The fourth-order valence-corrected chi connectivity index (χ4v) is 8.30. The van der Waals surface area contributed by atoms with Crippen LogP contribution in [0.1, 0.15) is 84.5 Å². The Bertz CT molecular complexity index is 500.